The summed E-state index contributed by atoms with van der Waals surface area (Å²) in [5.41, 5.74) is 6.14. The highest BCUT2D eigenvalue weighted by atomic mass is 79.9. The van der Waals surface area contributed by atoms with Gasteiger partial charge in [-0.2, -0.15) is 0 Å². The summed E-state index contributed by atoms with van der Waals surface area (Å²) in [7, 11) is 0. The van der Waals surface area contributed by atoms with Crippen molar-refractivity contribution in [2.45, 2.75) is 31.8 Å². The quantitative estimate of drug-likeness (QED) is 0.797. The Morgan fingerprint density at radius 2 is 2.21 bits per heavy atom. The molecule has 0 bridgehead atoms. The summed E-state index contributed by atoms with van der Waals surface area (Å²) in [6, 6.07) is 5.44. The van der Waals surface area contributed by atoms with Gasteiger partial charge in [0, 0.05) is 10.5 Å². The topological polar surface area (TPSA) is 90.0 Å². The first-order valence-electron chi connectivity index (χ1n) is 7.72. The van der Waals surface area contributed by atoms with Gasteiger partial charge in [-0.05, 0) is 43.5 Å². The molecule has 8 heteroatoms. The van der Waals surface area contributed by atoms with Gasteiger partial charge in [-0.1, -0.05) is 22.4 Å². The van der Waals surface area contributed by atoms with E-state index in [4.69, 9.17) is 5.73 Å². The zero-order valence-electron chi connectivity index (χ0n) is 13.1. The predicted molar refractivity (Wildman–Crippen MR) is 99.3 cm³/mol. The van der Waals surface area contributed by atoms with Gasteiger partial charge in [-0.15, -0.1) is 12.4 Å². The van der Waals surface area contributed by atoms with E-state index in [1.165, 1.54) is 10.9 Å². The van der Waals surface area contributed by atoms with Crippen molar-refractivity contribution < 1.29 is 4.79 Å². The number of hydrogen-bond donors (Lipinski definition) is 2. The number of carbonyl (C=O) groups is 1. The second kappa shape index (κ2) is 8.09. The first-order valence-corrected chi connectivity index (χ1v) is 8.52. The minimum absolute atomic E-state index is 0. The molecular weight excluding hydrogens is 396 g/mol. The lowest BCUT2D eigenvalue weighted by Crippen LogP contribution is -2.42. The van der Waals surface area contributed by atoms with Gasteiger partial charge in [0.2, 0.25) is 5.91 Å². The molecule has 2 unspecified atom stereocenters. The zero-order valence-corrected chi connectivity index (χ0v) is 15.5. The van der Waals surface area contributed by atoms with Crippen molar-refractivity contribution in [3.8, 4) is 0 Å². The molecule has 0 saturated heterocycles. The molecule has 3 N–H and O–H groups in total. The van der Waals surface area contributed by atoms with Crippen molar-refractivity contribution in [3.05, 3.63) is 39.4 Å². The normalized spacial score (nSPS) is 19.9. The molecule has 2 atom stereocenters. The number of rotatable bonds is 4. The summed E-state index contributed by atoms with van der Waals surface area (Å²) in [5.74, 6) is 0.162. The molecule has 0 radical (unpaired) electrons. The van der Waals surface area contributed by atoms with E-state index in [1.54, 1.807) is 12.1 Å². The van der Waals surface area contributed by atoms with E-state index >= 15 is 0 Å². The molecule has 2 aromatic rings. The van der Waals surface area contributed by atoms with Crippen LogP contribution < -0.4 is 16.6 Å². The number of carbonyl (C=O) groups excluding carboxylic acids is 1. The van der Waals surface area contributed by atoms with Gasteiger partial charge < -0.3 is 11.1 Å². The van der Waals surface area contributed by atoms with Crippen LogP contribution in [0.2, 0.25) is 0 Å². The van der Waals surface area contributed by atoms with Crippen LogP contribution in [0.25, 0.3) is 10.9 Å². The van der Waals surface area contributed by atoms with Gasteiger partial charge in [0.05, 0.1) is 17.2 Å². The van der Waals surface area contributed by atoms with E-state index in [0.29, 0.717) is 23.4 Å². The molecule has 24 heavy (non-hydrogen) atoms. The first kappa shape index (κ1) is 18.9. The van der Waals surface area contributed by atoms with Crippen LogP contribution in [-0.4, -0.2) is 28.0 Å². The van der Waals surface area contributed by atoms with Crippen molar-refractivity contribution in [1.82, 2.24) is 14.9 Å². The number of amides is 1. The summed E-state index contributed by atoms with van der Waals surface area (Å²) < 4.78 is 2.15. The van der Waals surface area contributed by atoms with Crippen LogP contribution in [-0.2, 0) is 11.3 Å². The Bertz CT molecular complexity index is 795. The SMILES string of the molecule is Cl.NCC1CCCC1NC(=O)Cn1cnc2ccc(Br)cc2c1=O. The van der Waals surface area contributed by atoms with Gasteiger partial charge >= 0.3 is 0 Å². The van der Waals surface area contributed by atoms with E-state index in [9.17, 15) is 9.59 Å². The second-order valence-corrected chi connectivity index (χ2v) is 6.86. The lowest BCUT2D eigenvalue weighted by Gasteiger charge is -2.19. The maximum Gasteiger partial charge on any atom is 0.261 e. The Hall–Kier alpha value is -1.44. The number of hydrogen-bond acceptors (Lipinski definition) is 4. The van der Waals surface area contributed by atoms with Crippen molar-refractivity contribution in [2.24, 2.45) is 11.7 Å². The monoisotopic (exact) mass is 414 g/mol. The first-order chi connectivity index (χ1) is 11.1. The molecule has 1 aliphatic rings. The Kier molecular flexibility index (Phi) is 6.37. The van der Waals surface area contributed by atoms with E-state index < -0.39 is 0 Å². The zero-order chi connectivity index (χ0) is 16.4. The Labute approximate surface area is 154 Å². The van der Waals surface area contributed by atoms with E-state index in [-0.39, 0.29) is 36.5 Å². The Morgan fingerprint density at radius 3 is 2.96 bits per heavy atom. The molecule has 3 rings (SSSR count). The molecule has 1 aromatic carbocycles. The predicted octanol–water partition coefficient (Wildman–Crippen LogP) is 1.82. The Morgan fingerprint density at radius 1 is 1.42 bits per heavy atom. The number of aromatic nitrogens is 2. The molecule has 1 heterocycles. The lowest BCUT2D eigenvalue weighted by molar-refractivity contribution is -0.122. The summed E-state index contributed by atoms with van der Waals surface area (Å²) in [5, 5.41) is 3.50. The molecular formula is C16H20BrClN4O2. The fraction of sp³-hybridized carbons (Fsp3) is 0.438. The average molecular weight is 416 g/mol. The maximum absolute atomic E-state index is 12.5. The number of benzene rings is 1. The highest BCUT2D eigenvalue weighted by molar-refractivity contribution is 9.10. The van der Waals surface area contributed by atoms with Gasteiger partial charge in [0.15, 0.2) is 0 Å². The van der Waals surface area contributed by atoms with E-state index in [2.05, 4.69) is 26.2 Å². The van der Waals surface area contributed by atoms with Crippen LogP contribution in [0.3, 0.4) is 0 Å². The minimum Gasteiger partial charge on any atom is -0.351 e. The molecule has 1 aromatic heterocycles. The summed E-state index contributed by atoms with van der Waals surface area (Å²) in [4.78, 5) is 29.0. The fourth-order valence-electron chi connectivity index (χ4n) is 3.16. The van der Waals surface area contributed by atoms with Crippen molar-refractivity contribution in [1.29, 1.82) is 0 Å². The number of fused-ring (bicyclic) bond motifs is 1. The molecule has 130 valence electrons. The highest BCUT2D eigenvalue weighted by Gasteiger charge is 2.27. The molecule has 0 aliphatic heterocycles. The number of nitrogens with one attached hydrogen (secondary N) is 1. The number of nitrogens with two attached hydrogens (primary N) is 1. The third kappa shape index (κ3) is 3.96. The maximum atomic E-state index is 12.5. The molecule has 0 spiro atoms. The van der Waals surface area contributed by atoms with Crippen LogP contribution in [0, 0.1) is 5.92 Å². The van der Waals surface area contributed by atoms with E-state index in [1.807, 2.05) is 6.07 Å². The van der Waals surface area contributed by atoms with Crippen molar-refractivity contribution in [2.75, 3.05) is 6.54 Å². The van der Waals surface area contributed by atoms with Crippen LogP contribution in [0.4, 0.5) is 0 Å². The van der Waals surface area contributed by atoms with Gasteiger partial charge in [-0.3, -0.25) is 14.2 Å². The van der Waals surface area contributed by atoms with Crippen molar-refractivity contribution in [3.63, 3.8) is 0 Å². The van der Waals surface area contributed by atoms with Crippen LogP contribution in [0.5, 0.6) is 0 Å². The highest BCUT2D eigenvalue weighted by Crippen LogP contribution is 2.24. The van der Waals surface area contributed by atoms with E-state index in [0.717, 1.165) is 23.7 Å². The summed E-state index contributed by atoms with van der Waals surface area (Å²) >= 11 is 3.35. The minimum atomic E-state index is -0.215. The molecule has 6 nitrogen and oxygen atoms in total. The number of halogens is 2. The number of nitrogens with zero attached hydrogens (tertiary/aromatic N) is 2. The second-order valence-electron chi connectivity index (χ2n) is 5.94. The van der Waals surface area contributed by atoms with Crippen LogP contribution >= 0.6 is 28.3 Å². The standard InChI is InChI=1S/C16H19BrN4O2.ClH/c17-11-4-5-14-12(6-11)16(23)21(9-19-14)8-15(22)20-13-3-1-2-10(13)7-18;/h4-6,9-10,13H,1-3,7-8,18H2,(H,20,22);1H. The Balaban J connectivity index is 0.00000208. The van der Waals surface area contributed by atoms with Gasteiger partial charge in [-0.25, -0.2) is 4.98 Å². The largest absolute Gasteiger partial charge is 0.351 e. The van der Waals surface area contributed by atoms with Crippen molar-refractivity contribution >= 4 is 45.1 Å². The average Bonchev–Trinajstić information content (AvgIpc) is 2.97. The van der Waals surface area contributed by atoms with Crippen LogP contribution in [0.15, 0.2) is 33.8 Å². The fourth-order valence-corrected chi connectivity index (χ4v) is 3.52. The third-order valence-electron chi connectivity index (χ3n) is 4.41. The molecule has 1 saturated carbocycles. The van der Waals surface area contributed by atoms with Gasteiger partial charge in [0.25, 0.3) is 5.56 Å². The smallest absolute Gasteiger partial charge is 0.261 e. The lowest BCUT2D eigenvalue weighted by atomic mass is 10.0. The summed E-state index contributed by atoms with van der Waals surface area (Å²) in [6.45, 7) is 0.554. The molecule has 1 aliphatic carbocycles. The summed E-state index contributed by atoms with van der Waals surface area (Å²) in [6.07, 6.45) is 4.50. The van der Waals surface area contributed by atoms with Crippen LogP contribution in [0.1, 0.15) is 19.3 Å². The molecule has 1 amide bonds. The van der Waals surface area contributed by atoms with Gasteiger partial charge in [0.1, 0.15) is 6.54 Å². The molecule has 1 fully saturated rings. The third-order valence-corrected chi connectivity index (χ3v) is 4.90.